The predicted molar refractivity (Wildman–Crippen MR) is 88.7 cm³/mol. The number of carbonyl (C=O) groups is 1. The molecule has 0 radical (unpaired) electrons. The van der Waals surface area contributed by atoms with E-state index in [2.05, 4.69) is 4.72 Å². The van der Waals surface area contributed by atoms with Crippen LogP contribution in [-0.2, 0) is 32.5 Å². The van der Waals surface area contributed by atoms with Crippen LogP contribution in [-0.4, -0.2) is 21.5 Å². The second-order valence-corrected chi connectivity index (χ2v) is 8.79. The van der Waals surface area contributed by atoms with Crippen molar-refractivity contribution in [1.82, 2.24) is 4.72 Å². The van der Waals surface area contributed by atoms with E-state index < -0.39 is 27.2 Å². The Balaban J connectivity index is 2.43. The molecule has 2 rings (SSSR count). The van der Waals surface area contributed by atoms with Gasteiger partial charge in [0.1, 0.15) is 5.82 Å². The van der Waals surface area contributed by atoms with Gasteiger partial charge in [0.2, 0.25) is 0 Å². The third-order valence-electron chi connectivity index (χ3n) is 4.00. The van der Waals surface area contributed by atoms with E-state index in [1.165, 1.54) is 6.07 Å². The van der Waals surface area contributed by atoms with Gasteiger partial charge >= 0.3 is 5.97 Å². The summed E-state index contributed by atoms with van der Waals surface area (Å²) in [6, 6.07) is 4.90. The van der Waals surface area contributed by atoms with Crippen LogP contribution in [0.1, 0.15) is 51.7 Å². The third kappa shape index (κ3) is 3.80. The number of carbonyl (C=O) groups excluding carboxylic acids is 1. The maximum atomic E-state index is 14.5. The average molecular weight is 341 g/mol. The van der Waals surface area contributed by atoms with Crippen molar-refractivity contribution in [3.8, 4) is 0 Å². The molecule has 0 heterocycles. The first-order chi connectivity index (χ1) is 10.7. The zero-order chi connectivity index (χ0) is 17.3. The van der Waals surface area contributed by atoms with Crippen LogP contribution in [0.2, 0.25) is 0 Å². The van der Waals surface area contributed by atoms with E-state index in [0.717, 1.165) is 5.56 Å². The SMILES string of the molecule is CCOC(=O)CC1(NS(=O)C(C)(C)C)CCc2cccc(F)c21. The summed E-state index contributed by atoms with van der Waals surface area (Å²) < 4.78 is 34.7. The van der Waals surface area contributed by atoms with Gasteiger partial charge in [-0.2, -0.15) is 0 Å². The Bertz CT molecular complexity index is 627. The molecule has 0 amide bonds. The number of hydrogen-bond donors (Lipinski definition) is 1. The highest BCUT2D eigenvalue weighted by atomic mass is 32.2. The van der Waals surface area contributed by atoms with Crippen molar-refractivity contribution >= 4 is 17.0 Å². The lowest BCUT2D eigenvalue weighted by atomic mass is 9.89. The van der Waals surface area contributed by atoms with Crippen LogP contribution < -0.4 is 4.72 Å². The van der Waals surface area contributed by atoms with Crippen LogP contribution >= 0.6 is 0 Å². The number of fused-ring (bicyclic) bond motifs is 1. The van der Waals surface area contributed by atoms with Crippen LogP contribution in [0.15, 0.2) is 18.2 Å². The summed E-state index contributed by atoms with van der Waals surface area (Å²) in [6.45, 7) is 7.51. The van der Waals surface area contributed by atoms with Crippen LogP contribution in [0.25, 0.3) is 0 Å². The smallest absolute Gasteiger partial charge is 0.308 e. The lowest BCUT2D eigenvalue weighted by Crippen LogP contribution is -2.48. The molecule has 0 aliphatic heterocycles. The van der Waals surface area contributed by atoms with Crippen molar-refractivity contribution in [2.75, 3.05) is 6.61 Å². The minimum atomic E-state index is -1.43. The highest BCUT2D eigenvalue weighted by Crippen LogP contribution is 2.42. The van der Waals surface area contributed by atoms with Crippen molar-refractivity contribution < 1.29 is 18.1 Å². The van der Waals surface area contributed by atoms with Crippen LogP contribution in [0.4, 0.5) is 4.39 Å². The Morgan fingerprint density at radius 3 is 2.74 bits per heavy atom. The molecule has 0 aromatic heterocycles. The van der Waals surface area contributed by atoms with Crippen LogP contribution in [0, 0.1) is 5.82 Å². The van der Waals surface area contributed by atoms with Crippen molar-refractivity contribution in [1.29, 1.82) is 0 Å². The van der Waals surface area contributed by atoms with Crippen molar-refractivity contribution in [3.05, 3.63) is 35.1 Å². The Morgan fingerprint density at radius 2 is 2.13 bits per heavy atom. The minimum Gasteiger partial charge on any atom is -0.466 e. The molecule has 1 aliphatic rings. The summed E-state index contributed by atoms with van der Waals surface area (Å²) >= 11 is 0. The van der Waals surface area contributed by atoms with Crippen molar-refractivity contribution in [2.24, 2.45) is 0 Å². The van der Waals surface area contributed by atoms with Gasteiger partial charge in [0.05, 0.1) is 34.3 Å². The minimum absolute atomic E-state index is 0.0312. The third-order valence-corrected chi connectivity index (χ3v) is 5.68. The Hall–Kier alpha value is -1.27. The Morgan fingerprint density at radius 1 is 1.43 bits per heavy atom. The highest BCUT2D eigenvalue weighted by molar-refractivity contribution is 7.84. The molecular weight excluding hydrogens is 317 g/mol. The van der Waals surface area contributed by atoms with E-state index >= 15 is 0 Å². The van der Waals surface area contributed by atoms with E-state index in [1.807, 2.05) is 26.8 Å². The number of esters is 1. The number of ether oxygens (including phenoxy) is 1. The van der Waals surface area contributed by atoms with Crippen LogP contribution in [0.3, 0.4) is 0 Å². The fraction of sp³-hybridized carbons (Fsp3) is 0.588. The van der Waals surface area contributed by atoms with Gasteiger partial charge in [0.25, 0.3) is 0 Å². The van der Waals surface area contributed by atoms with Gasteiger partial charge < -0.3 is 4.74 Å². The van der Waals surface area contributed by atoms with Gasteiger partial charge in [-0.25, -0.2) is 13.3 Å². The number of nitrogens with one attached hydrogen (secondary N) is 1. The summed E-state index contributed by atoms with van der Waals surface area (Å²) in [5.74, 6) is -0.787. The molecule has 0 bridgehead atoms. The Labute approximate surface area is 139 Å². The fourth-order valence-corrected chi connectivity index (χ4v) is 3.83. The lowest BCUT2D eigenvalue weighted by Gasteiger charge is -2.33. The lowest BCUT2D eigenvalue weighted by molar-refractivity contribution is -0.144. The topological polar surface area (TPSA) is 55.4 Å². The van der Waals surface area contributed by atoms with Crippen molar-refractivity contribution in [2.45, 2.75) is 57.2 Å². The molecule has 0 spiro atoms. The van der Waals surface area contributed by atoms with Gasteiger partial charge in [0, 0.05) is 5.56 Å². The number of hydrogen-bond acceptors (Lipinski definition) is 3. The quantitative estimate of drug-likeness (QED) is 0.838. The summed E-state index contributed by atoms with van der Waals surface area (Å²) in [4.78, 5) is 12.1. The van der Waals surface area contributed by atoms with Gasteiger partial charge in [0.15, 0.2) is 0 Å². The molecular formula is C17H24FNO3S. The molecule has 0 fully saturated rings. The standard InChI is InChI=1S/C17H24FNO3S/c1-5-22-14(20)11-17(19-23(21)16(2,3)4)10-9-12-7-6-8-13(18)15(12)17/h6-8,19H,5,9-11H2,1-4H3. The first kappa shape index (κ1) is 18.1. The molecule has 128 valence electrons. The number of rotatable bonds is 5. The second-order valence-electron chi connectivity index (χ2n) is 6.82. The first-order valence-electron chi connectivity index (χ1n) is 7.83. The summed E-state index contributed by atoms with van der Waals surface area (Å²) in [7, 11) is -1.43. The first-order valence-corrected chi connectivity index (χ1v) is 8.98. The van der Waals surface area contributed by atoms with Gasteiger partial charge in [-0.05, 0) is 52.2 Å². The normalized spacial score (nSPS) is 21.8. The molecule has 4 nitrogen and oxygen atoms in total. The van der Waals surface area contributed by atoms with E-state index in [-0.39, 0.29) is 18.8 Å². The number of benzene rings is 1. The van der Waals surface area contributed by atoms with Crippen molar-refractivity contribution in [3.63, 3.8) is 0 Å². The van der Waals surface area contributed by atoms with E-state index in [9.17, 15) is 13.4 Å². The van der Waals surface area contributed by atoms with Crippen LogP contribution in [0.5, 0.6) is 0 Å². The predicted octanol–water partition coefficient (Wildman–Crippen LogP) is 2.97. The molecule has 2 unspecified atom stereocenters. The molecule has 2 atom stereocenters. The average Bonchev–Trinajstić information content (AvgIpc) is 2.78. The molecule has 1 N–H and O–H groups in total. The molecule has 1 aromatic carbocycles. The second kappa shape index (κ2) is 6.69. The molecule has 0 saturated carbocycles. The van der Waals surface area contributed by atoms with Gasteiger partial charge in [-0.1, -0.05) is 12.1 Å². The molecule has 6 heteroatoms. The summed E-state index contributed by atoms with van der Waals surface area (Å²) in [6.07, 6.45) is 1.13. The number of halogens is 1. The maximum absolute atomic E-state index is 14.5. The maximum Gasteiger partial charge on any atom is 0.308 e. The summed E-state index contributed by atoms with van der Waals surface area (Å²) in [5, 5.41) is 0. The van der Waals surface area contributed by atoms with Gasteiger partial charge in [-0.3, -0.25) is 4.79 Å². The van der Waals surface area contributed by atoms with E-state index in [1.54, 1.807) is 13.0 Å². The highest BCUT2D eigenvalue weighted by Gasteiger charge is 2.45. The summed E-state index contributed by atoms with van der Waals surface area (Å²) in [5.41, 5.74) is 0.323. The fourth-order valence-electron chi connectivity index (χ4n) is 2.89. The zero-order valence-electron chi connectivity index (χ0n) is 14.1. The molecule has 0 saturated heterocycles. The van der Waals surface area contributed by atoms with E-state index in [0.29, 0.717) is 18.4 Å². The molecule has 1 aromatic rings. The Kier molecular flexibility index (Phi) is 5.26. The number of aryl methyl sites for hydroxylation is 1. The molecule has 1 aliphatic carbocycles. The monoisotopic (exact) mass is 341 g/mol. The molecule has 23 heavy (non-hydrogen) atoms. The largest absolute Gasteiger partial charge is 0.466 e. The van der Waals surface area contributed by atoms with Gasteiger partial charge in [-0.15, -0.1) is 0 Å². The zero-order valence-corrected chi connectivity index (χ0v) is 14.9. The van der Waals surface area contributed by atoms with E-state index in [4.69, 9.17) is 4.74 Å².